The number of imidazole rings is 1. The molecule has 2 rings (SSSR count). The fourth-order valence-electron chi connectivity index (χ4n) is 1.33. The van der Waals surface area contributed by atoms with Crippen LogP contribution in [0.5, 0.6) is 0 Å². The zero-order valence-corrected chi connectivity index (χ0v) is 12.1. The number of nitrogens with zero attached hydrogens (tertiary/aromatic N) is 1. The number of hydrogen-bond acceptors (Lipinski definition) is 4. The number of aromatic nitrogens is 2. The lowest BCUT2D eigenvalue weighted by atomic mass is 10.5. The first kappa shape index (κ1) is 12.7. The van der Waals surface area contributed by atoms with Gasteiger partial charge >= 0.3 is 0 Å². The Balaban J connectivity index is 2.17. The summed E-state index contributed by atoms with van der Waals surface area (Å²) in [5, 5.41) is 0. The van der Waals surface area contributed by atoms with E-state index in [9.17, 15) is 8.42 Å². The minimum atomic E-state index is -3.48. The molecule has 0 aliphatic heterocycles. The van der Waals surface area contributed by atoms with Crippen molar-refractivity contribution in [3.8, 4) is 0 Å². The Bertz CT molecular complexity index is 604. The van der Waals surface area contributed by atoms with Crippen LogP contribution in [-0.2, 0) is 16.6 Å². The highest BCUT2D eigenvalue weighted by Crippen LogP contribution is 2.29. The van der Waals surface area contributed by atoms with Gasteiger partial charge in [-0.05, 0) is 28.9 Å². The normalized spacial score (nSPS) is 11.9. The van der Waals surface area contributed by atoms with E-state index in [1.165, 1.54) is 11.3 Å². The third-order valence-electron chi connectivity index (χ3n) is 2.12. The third-order valence-corrected chi connectivity index (χ3v) is 5.33. The van der Waals surface area contributed by atoms with Crippen LogP contribution in [0.2, 0.25) is 0 Å². The number of rotatable bonds is 4. The monoisotopic (exact) mass is 335 g/mol. The molecule has 0 saturated heterocycles. The van der Waals surface area contributed by atoms with Crippen LogP contribution in [0, 0.1) is 6.92 Å². The average Bonchev–Trinajstić information content (AvgIpc) is 2.85. The van der Waals surface area contributed by atoms with Gasteiger partial charge in [-0.2, -0.15) is 0 Å². The van der Waals surface area contributed by atoms with Gasteiger partial charge in [-0.15, -0.1) is 11.3 Å². The summed E-state index contributed by atoms with van der Waals surface area (Å²) in [6, 6.07) is 1.60. The number of nitrogens with one attached hydrogen (secondary N) is 2. The molecule has 8 heteroatoms. The quantitative estimate of drug-likeness (QED) is 0.897. The molecule has 0 aliphatic carbocycles. The van der Waals surface area contributed by atoms with Crippen molar-refractivity contribution in [2.24, 2.45) is 0 Å². The predicted octanol–water partition coefficient (Wildman–Crippen LogP) is 2.02. The number of hydrogen-bond donors (Lipinski definition) is 2. The highest BCUT2D eigenvalue weighted by molar-refractivity contribution is 9.11. The summed E-state index contributed by atoms with van der Waals surface area (Å²) in [5.74, 6) is 0.584. The molecule has 0 fully saturated rings. The first-order valence-corrected chi connectivity index (χ1v) is 7.82. The fourth-order valence-corrected chi connectivity index (χ4v) is 4.73. The Kier molecular flexibility index (Phi) is 3.67. The maximum atomic E-state index is 12.0. The van der Waals surface area contributed by atoms with Crippen molar-refractivity contribution in [1.82, 2.24) is 14.7 Å². The Morgan fingerprint density at radius 2 is 2.35 bits per heavy atom. The molecule has 0 aliphatic rings. The first-order valence-electron chi connectivity index (χ1n) is 4.73. The molecule has 2 heterocycles. The van der Waals surface area contributed by atoms with E-state index in [1.807, 2.05) is 0 Å². The van der Waals surface area contributed by atoms with Crippen molar-refractivity contribution in [3.05, 3.63) is 32.9 Å². The molecule has 0 aromatic carbocycles. The minimum absolute atomic E-state index is 0.155. The average molecular weight is 336 g/mol. The van der Waals surface area contributed by atoms with Crippen molar-refractivity contribution in [2.45, 2.75) is 18.4 Å². The van der Waals surface area contributed by atoms with Crippen LogP contribution in [0.3, 0.4) is 0 Å². The summed E-state index contributed by atoms with van der Waals surface area (Å²) >= 11 is 4.67. The summed E-state index contributed by atoms with van der Waals surface area (Å²) in [4.78, 5) is 7.85. The third kappa shape index (κ3) is 2.95. The van der Waals surface area contributed by atoms with E-state index in [0.717, 1.165) is 8.66 Å². The number of sulfonamides is 1. The summed E-state index contributed by atoms with van der Waals surface area (Å²) in [6.45, 7) is 1.93. The molecule has 0 spiro atoms. The molecule has 0 saturated carbocycles. The zero-order valence-electron chi connectivity index (χ0n) is 8.90. The lowest BCUT2D eigenvalue weighted by Crippen LogP contribution is -2.23. The van der Waals surface area contributed by atoms with Crippen LogP contribution >= 0.6 is 27.3 Å². The summed E-state index contributed by atoms with van der Waals surface area (Å²) in [7, 11) is -3.48. The second-order valence-corrected chi connectivity index (χ2v) is 7.70. The number of H-pyrrole nitrogens is 1. The van der Waals surface area contributed by atoms with Crippen LogP contribution in [-0.4, -0.2) is 18.4 Å². The van der Waals surface area contributed by atoms with E-state index in [2.05, 4.69) is 30.6 Å². The number of aromatic amines is 1. The molecule has 5 nitrogen and oxygen atoms in total. The molecule has 0 amide bonds. The lowest BCUT2D eigenvalue weighted by Gasteiger charge is -2.04. The summed E-state index contributed by atoms with van der Waals surface area (Å²) in [5.41, 5.74) is 0. The maximum Gasteiger partial charge on any atom is 0.242 e. The minimum Gasteiger partial charge on any atom is -0.347 e. The molecule has 92 valence electrons. The van der Waals surface area contributed by atoms with E-state index in [0.29, 0.717) is 10.7 Å². The largest absolute Gasteiger partial charge is 0.347 e. The number of aryl methyl sites for hydroxylation is 1. The van der Waals surface area contributed by atoms with E-state index in [4.69, 9.17) is 0 Å². The molecule has 0 radical (unpaired) electrons. The SMILES string of the molecule is Cc1sc(Br)cc1S(=O)(=O)NCc1ncc[nH]1. The molecule has 2 N–H and O–H groups in total. The van der Waals surface area contributed by atoms with Crippen LogP contribution in [0.1, 0.15) is 10.7 Å². The standard InChI is InChI=1S/C9H10BrN3O2S2/c1-6-7(4-8(10)16-6)17(14,15)13-5-9-11-2-3-12-9/h2-4,13H,5H2,1H3,(H,11,12). The van der Waals surface area contributed by atoms with E-state index in [-0.39, 0.29) is 6.54 Å². The topological polar surface area (TPSA) is 74.8 Å². The van der Waals surface area contributed by atoms with Gasteiger partial charge in [0.1, 0.15) is 5.82 Å². The summed E-state index contributed by atoms with van der Waals surface area (Å²) < 4.78 is 27.3. The van der Waals surface area contributed by atoms with Gasteiger partial charge in [0.25, 0.3) is 0 Å². The summed E-state index contributed by atoms with van der Waals surface area (Å²) in [6.07, 6.45) is 3.23. The van der Waals surface area contributed by atoms with E-state index >= 15 is 0 Å². The van der Waals surface area contributed by atoms with Gasteiger partial charge in [-0.1, -0.05) is 0 Å². The van der Waals surface area contributed by atoms with Crippen LogP contribution in [0.25, 0.3) is 0 Å². The van der Waals surface area contributed by atoms with Gasteiger partial charge in [0.05, 0.1) is 15.2 Å². The van der Waals surface area contributed by atoms with Crippen molar-refractivity contribution >= 4 is 37.3 Å². The fraction of sp³-hybridized carbons (Fsp3) is 0.222. The molecule has 0 atom stereocenters. The van der Waals surface area contributed by atoms with Crippen molar-refractivity contribution < 1.29 is 8.42 Å². The van der Waals surface area contributed by atoms with Crippen LogP contribution in [0.15, 0.2) is 27.1 Å². The zero-order chi connectivity index (χ0) is 12.5. The Morgan fingerprint density at radius 3 is 2.88 bits per heavy atom. The van der Waals surface area contributed by atoms with Gasteiger partial charge in [-0.25, -0.2) is 18.1 Å². The van der Waals surface area contributed by atoms with E-state index in [1.54, 1.807) is 25.4 Å². The Hall–Kier alpha value is -0.700. The van der Waals surface area contributed by atoms with Crippen LogP contribution in [0.4, 0.5) is 0 Å². The van der Waals surface area contributed by atoms with Crippen LogP contribution < -0.4 is 4.72 Å². The number of thiophene rings is 1. The molecular formula is C9H10BrN3O2S2. The van der Waals surface area contributed by atoms with E-state index < -0.39 is 10.0 Å². The molecule has 0 unspecified atom stereocenters. The van der Waals surface area contributed by atoms with Gasteiger partial charge < -0.3 is 4.98 Å². The second kappa shape index (κ2) is 4.89. The predicted molar refractivity (Wildman–Crippen MR) is 69.4 cm³/mol. The Labute approximate surface area is 111 Å². The highest BCUT2D eigenvalue weighted by atomic mass is 79.9. The molecule has 2 aromatic rings. The lowest BCUT2D eigenvalue weighted by molar-refractivity contribution is 0.579. The van der Waals surface area contributed by atoms with Gasteiger partial charge in [0.2, 0.25) is 10.0 Å². The first-order chi connectivity index (χ1) is 7.99. The second-order valence-electron chi connectivity index (χ2n) is 3.33. The van der Waals surface area contributed by atoms with Gasteiger partial charge in [-0.3, -0.25) is 0 Å². The molecule has 2 aromatic heterocycles. The maximum absolute atomic E-state index is 12.0. The van der Waals surface area contributed by atoms with Crippen molar-refractivity contribution in [3.63, 3.8) is 0 Å². The number of halogens is 1. The van der Waals surface area contributed by atoms with Gasteiger partial charge in [0.15, 0.2) is 0 Å². The molecular weight excluding hydrogens is 326 g/mol. The van der Waals surface area contributed by atoms with Crippen molar-refractivity contribution in [2.75, 3.05) is 0 Å². The van der Waals surface area contributed by atoms with Crippen molar-refractivity contribution in [1.29, 1.82) is 0 Å². The Morgan fingerprint density at radius 1 is 1.59 bits per heavy atom. The molecule has 17 heavy (non-hydrogen) atoms. The molecule has 0 bridgehead atoms. The van der Waals surface area contributed by atoms with Gasteiger partial charge in [0, 0.05) is 17.3 Å². The highest BCUT2D eigenvalue weighted by Gasteiger charge is 2.19. The smallest absolute Gasteiger partial charge is 0.242 e.